The van der Waals surface area contributed by atoms with Crippen LogP contribution in [-0.2, 0) is 11.3 Å². The molecule has 0 aliphatic carbocycles. The van der Waals surface area contributed by atoms with Gasteiger partial charge in [0, 0.05) is 70.7 Å². The van der Waals surface area contributed by atoms with E-state index in [1.54, 1.807) is 29.4 Å². The second-order valence-corrected chi connectivity index (χ2v) is 9.54. The second kappa shape index (κ2) is 8.42. The Morgan fingerprint density at radius 1 is 1.06 bits per heavy atom. The first-order valence-electron chi connectivity index (χ1n) is 11.0. The number of likely N-dealkylation sites (tertiary alicyclic amines) is 2. The average molecular weight is 421 g/mol. The second-order valence-electron chi connectivity index (χ2n) is 9.54. The van der Waals surface area contributed by atoms with Gasteiger partial charge in [0.15, 0.2) is 0 Å². The highest BCUT2D eigenvalue weighted by Gasteiger charge is 2.58. The molecule has 0 N–H and O–H groups in total. The van der Waals surface area contributed by atoms with Crippen molar-refractivity contribution in [3.05, 3.63) is 65.5 Å². The number of rotatable bonds is 5. The summed E-state index contributed by atoms with van der Waals surface area (Å²) in [6.45, 7) is 7.82. The summed E-state index contributed by atoms with van der Waals surface area (Å²) in [6, 6.07) is 12.3. The summed E-state index contributed by atoms with van der Waals surface area (Å²) in [4.78, 5) is 36.3. The summed E-state index contributed by atoms with van der Waals surface area (Å²) >= 11 is 0. The maximum absolute atomic E-state index is 13.3. The van der Waals surface area contributed by atoms with E-state index in [1.807, 2.05) is 19.0 Å². The largest absolute Gasteiger partial charge is 0.348 e. The number of hydrogen-bond acceptors (Lipinski definition) is 4. The molecule has 4 rings (SSSR count). The molecule has 0 saturated carbocycles. The predicted molar refractivity (Wildman–Crippen MR) is 121 cm³/mol. The van der Waals surface area contributed by atoms with Crippen LogP contribution in [0.15, 0.2) is 48.8 Å². The Hall–Kier alpha value is -2.73. The fourth-order valence-electron chi connectivity index (χ4n) is 5.14. The standard InChI is InChI=1S/C25H32N4O2/c1-18(2)20-7-5-19(6-8-20)13-28-14-22-15-29(23(30)21-9-11-26-12-10-21)17-25(22,16-28)24(31)27(3)4/h5-12,18,22H,13-17H2,1-4H3/t22-,25-/m1/s1. The van der Waals surface area contributed by atoms with Crippen LogP contribution < -0.4 is 0 Å². The lowest BCUT2D eigenvalue weighted by atomic mass is 9.80. The van der Waals surface area contributed by atoms with Crippen LogP contribution in [0.1, 0.15) is 41.3 Å². The van der Waals surface area contributed by atoms with Crippen LogP contribution in [0.5, 0.6) is 0 Å². The molecule has 0 radical (unpaired) electrons. The summed E-state index contributed by atoms with van der Waals surface area (Å²) in [5.74, 6) is 0.770. The van der Waals surface area contributed by atoms with Crippen LogP contribution in [0.3, 0.4) is 0 Å². The number of benzene rings is 1. The fraction of sp³-hybridized carbons (Fsp3) is 0.480. The van der Waals surface area contributed by atoms with Gasteiger partial charge in [-0.1, -0.05) is 38.1 Å². The van der Waals surface area contributed by atoms with Gasteiger partial charge in [0.1, 0.15) is 0 Å². The van der Waals surface area contributed by atoms with Gasteiger partial charge in [0.05, 0.1) is 5.41 Å². The summed E-state index contributed by atoms with van der Waals surface area (Å²) < 4.78 is 0. The van der Waals surface area contributed by atoms with Gasteiger partial charge in [0.25, 0.3) is 5.91 Å². The topological polar surface area (TPSA) is 56.8 Å². The number of nitrogens with zero attached hydrogens (tertiary/aromatic N) is 4. The number of hydrogen-bond donors (Lipinski definition) is 0. The molecular formula is C25H32N4O2. The molecule has 2 aromatic rings. The van der Waals surface area contributed by atoms with Crippen molar-refractivity contribution < 1.29 is 9.59 Å². The molecule has 31 heavy (non-hydrogen) atoms. The van der Waals surface area contributed by atoms with Crippen LogP contribution in [0.4, 0.5) is 0 Å². The van der Waals surface area contributed by atoms with Crippen LogP contribution >= 0.6 is 0 Å². The first-order chi connectivity index (χ1) is 14.8. The van der Waals surface area contributed by atoms with Gasteiger partial charge in [-0.15, -0.1) is 0 Å². The third-order valence-electron chi connectivity index (χ3n) is 6.78. The molecule has 6 heteroatoms. The Bertz CT molecular complexity index is 942. The van der Waals surface area contributed by atoms with E-state index >= 15 is 0 Å². The number of amides is 2. The molecule has 2 fully saturated rings. The molecule has 2 aliphatic rings. The smallest absolute Gasteiger partial charge is 0.254 e. The van der Waals surface area contributed by atoms with Crippen molar-refractivity contribution in [2.45, 2.75) is 26.3 Å². The summed E-state index contributed by atoms with van der Waals surface area (Å²) in [5.41, 5.74) is 2.70. The quantitative estimate of drug-likeness (QED) is 0.746. The molecule has 1 aromatic carbocycles. The van der Waals surface area contributed by atoms with E-state index < -0.39 is 5.41 Å². The maximum atomic E-state index is 13.3. The molecule has 3 heterocycles. The molecule has 2 amide bonds. The van der Waals surface area contributed by atoms with E-state index in [-0.39, 0.29) is 17.7 Å². The number of carbonyl (C=O) groups excluding carboxylic acids is 2. The monoisotopic (exact) mass is 420 g/mol. The van der Waals surface area contributed by atoms with Gasteiger partial charge in [-0.2, -0.15) is 0 Å². The van der Waals surface area contributed by atoms with Crippen molar-refractivity contribution in [2.75, 3.05) is 40.3 Å². The molecule has 6 nitrogen and oxygen atoms in total. The molecule has 2 aliphatic heterocycles. The van der Waals surface area contributed by atoms with Crippen LogP contribution in [0.2, 0.25) is 0 Å². The molecule has 2 saturated heterocycles. The third-order valence-corrected chi connectivity index (χ3v) is 6.78. The Morgan fingerprint density at radius 2 is 1.74 bits per heavy atom. The number of aromatic nitrogens is 1. The number of carbonyl (C=O) groups is 2. The molecule has 0 unspecified atom stereocenters. The van der Waals surface area contributed by atoms with Crippen molar-refractivity contribution in [3.63, 3.8) is 0 Å². The van der Waals surface area contributed by atoms with Crippen LogP contribution in [0, 0.1) is 11.3 Å². The average Bonchev–Trinajstić information content (AvgIpc) is 3.28. The fourth-order valence-corrected chi connectivity index (χ4v) is 5.14. The van der Waals surface area contributed by atoms with E-state index in [0.29, 0.717) is 31.1 Å². The molecule has 0 bridgehead atoms. The van der Waals surface area contributed by atoms with Gasteiger partial charge >= 0.3 is 0 Å². The third kappa shape index (κ3) is 4.09. The Labute approximate surface area is 184 Å². The van der Waals surface area contributed by atoms with Gasteiger partial charge in [-0.05, 0) is 29.2 Å². The van der Waals surface area contributed by atoms with Crippen molar-refractivity contribution in [3.8, 4) is 0 Å². The van der Waals surface area contributed by atoms with Gasteiger partial charge < -0.3 is 9.80 Å². The summed E-state index contributed by atoms with van der Waals surface area (Å²) in [5, 5.41) is 0. The van der Waals surface area contributed by atoms with Gasteiger partial charge in [0.2, 0.25) is 5.91 Å². The van der Waals surface area contributed by atoms with Crippen molar-refractivity contribution in [1.82, 2.24) is 19.7 Å². The number of pyridine rings is 1. The molecular weight excluding hydrogens is 388 g/mol. The minimum absolute atomic E-state index is 0.0152. The first-order valence-corrected chi connectivity index (χ1v) is 11.0. The SMILES string of the molecule is CC(C)c1ccc(CN2C[C@@H]3CN(C(=O)c4ccncc4)C[C@]3(C(=O)N(C)C)C2)cc1. The minimum atomic E-state index is -0.538. The van der Waals surface area contributed by atoms with Crippen LogP contribution in [-0.4, -0.2) is 71.8 Å². The van der Waals surface area contributed by atoms with Crippen molar-refractivity contribution >= 4 is 11.8 Å². The molecule has 0 spiro atoms. The van der Waals surface area contributed by atoms with Crippen molar-refractivity contribution in [1.29, 1.82) is 0 Å². The zero-order valence-electron chi connectivity index (χ0n) is 18.9. The lowest BCUT2D eigenvalue weighted by Crippen LogP contribution is -2.47. The van der Waals surface area contributed by atoms with Gasteiger partial charge in [-0.3, -0.25) is 19.5 Å². The maximum Gasteiger partial charge on any atom is 0.254 e. The first kappa shape index (κ1) is 21.5. The van der Waals surface area contributed by atoms with Crippen LogP contribution in [0.25, 0.3) is 0 Å². The van der Waals surface area contributed by atoms with E-state index in [2.05, 4.69) is 48.0 Å². The highest BCUT2D eigenvalue weighted by molar-refractivity contribution is 5.95. The molecule has 164 valence electrons. The lowest BCUT2D eigenvalue weighted by molar-refractivity contribution is -0.139. The Morgan fingerprint density at radius 3 is 2.35 bits per heavy atom. The Kier molecular flexibility index (Phi) is 5.84. The number of fused-ring (bicyclic) bond motifs is 1. The zero-order chi connectivity index (χ0) is 22.2. The predicted octanol–water partition coefficient (Wildman–Crippen LogP) is 2.87. The zero-order valence-corrected chi connectivity index (χ0v) is 18.9. The van der Waals surface area contributed by atoms with Gasteiger partial charge in [-0.25, -0.2) is 0 Å². The molecule has 2 atom stereocenters. The van der Waals surface area contributed by atoms with E-state index in [0.717, 1.165) is 13.1 Å². The van der Waals surface area contributed by atoms with Crippen molar-refractivity contribution in [2.24, 2.45) is 11.3 Å². The lowest BCUT2D eigenvalue weighted by Gasteiger charge is -2.31. The highest BCUT2D eigenvalue weighted by atomic mass is 16.2. The van der Waals surface area contributed by atoms with E-state index in [1.165, 1.54) is 11.1 Å². The summed E-state index contributed by atoms with van der Waals surface area (Å²) in [7, 11) is 3.63. The minimum Gasteiger partial charge on any atom is -0.348 e. The highest BCUT2D eigenvalue weighted by Crippen LogP contribution is 2.44. The summed E-state index contributed by atoms with van der Waals surface area (Å²) in [6.07, 6.45) is 3.27. The molecule has 1 aromatic heterocycles. The van der Waals surface area contributed by atoms with E-state index in [9.17, 15) is 9.59 Å². The Balaban J connectivity index is 1.51. The van der Waals surface area contributed by atoms with E-state index in [4.69, 9.17) is 0 Å². The normalized spacial score (nSPS) is 23.3.